The van der Waals surface area contributed by atoms with Crippen LogP contribution < -0.4 is 5.32 Å². The van der Waals surface area contributed by atoms with Crippen molar-refractivity contribution in [3.05, 3.63) is 12.2 Å². The van der Waals surface area contributed by atoms with Crippen molar-refractivity contribution in [3.8, 4) is 0 Å². The molecule has 1 unspecified atom stereocenters. The first-order chi connectivity index (χ1) is 5.88. The normalized spacial score (nSPS) is 14.1. The molecule has 0 heterocycles. The highest BCUT2D eigenvalue weighted by atomic mass is 32.2. The quantitative estimate of drug-likeness (QED) is 0.500. The minimum absolute atomic E-state index is 0.266. The van der Waals surface area contributed by atoms with Gasteiger partial charge in [0.15, 0.2) is 0 Å². The Bertz CT molecular complexity index is 259. The molecule has 0 aliphatic heterocycles. The van der Waals surface area contributed by atoms with Crippen molar-refractivity contribution < 1.29 is 13.0 Å². The summed E-state index contributed by atoms with van der Waals surface area (Å²) < 4.78 is 30.2. The Morgan fingerprint density at radius 3 is 2.46 bits per heavy atom. The van der Waals surface area contributed by atoms with Crippen LogP contribution in [-0.2, 0) is 10.1 Å². The molecule has 5 heteroatoms. The molecule has 13 heavy (non-hydrogen) atoms. The van der Waals surface area contributed by atoms with E-state index in [1.165, 1.54) is 0 Å². The number of hydrogen-bond donors (Lipinski definition) is 2. The summed E-state index contributed by atoms with van der Waals surface area (Å²) in [5.41, 5.74) is 0.935. The van der Waals surface area contributed by atoms with Gasteiger partial charge in [-0.3, -0.25) is 4.55 Å². The Hall–Kier alpha value is -0.390. The van der Waals surface area contributed by atoms with Crippen molar-refractivity contribution in [1.29, 1.82) is 0 Å². The molecule has 0 aromatic rings. The van der Waals surface area contributed by atoms with Gasteiger partial charge >= 0.3 is 0 Å². The van der Waals surface area contributed by atoms with Crippen molar-refractivity contribution in [1.82, 2.24) is 5.32 Å². The van der Waals surface area contributed by atoms with Crippen molar-refractivity contribution in [2.24, 2.45) is 0 Å². The third-order valence-corrected chi connectivity index (χ3v) is 3.02. The first-order valence-electron chi connectivity index (χ1n) is 4.19. The van der Waals surface area contributed by atoms with Crippen LogP contribution in [0.25, 0.3) is 0 Å². The molecule has 2 N–H and O–H groups in total. The van der Waals surface area contributed by atoms with Crippen LogP contribution >= 0.6 is 0 Å². The zero-order valence-electron chi connectivity index (χ0n) is 8.08. The molecule has 0 fully saturated rings. The first kappa shape index (κ1) is 12.6. The molecule has 4 nitrogen and oxygen atoms in total. The molecule has 0 rings (SSSR count). The molecule has 78 valence electrons. The second-order valence-corrected chi connectivity index (χ2v) is 4.83. The van der Waals surface area contributed by atoms with E-state index in [-0.39, 0.29) is 6.54 Å². The van der Waals surface area contributed by atoms with Crippen LogP contribution in [0.1, 0.15) is 20.3 Å². The lowest BCUT2D eigenvalue weighted by Gasteiger charge is -2.12. The molecule has 0 saturated carbocycles. The van der Waals surface area contributed by atoms with E-state index in [1.54, 1.807) is 6.92 Å². The lowest BCUT2D eigenvalue weighted by Crippen LogP contribution is -2.33. The van der Waals surface area contributed by atoms with Crippen LogP contribution in [0.2, 0.25) is 0 Å². The zero-order chi connectivity index (χ0) is 10.5. The van der Waals surface area contributed by atoms with E-state index in [2.05, 4.69) is 11.9 Å². The van der Waals surface area contributed by atoms with Crippen molar-refractivity contribution in [3.63, 3.8) is 0 Å². The summed E-state index contributed by atoms with van der Waals surface area (Å²) in [4.78, 5) is 0. The summed E-state index contributed by atoms with van der Waals surface area (Å²) >= 11 is 0. The Morgan fingerprint density at radius 1 is 1.62 bits per heavy atom. The van der Waals surface area contributed by atoms with Gasteiger partial charge < -0.3 is 5.32 Å². The Morgan fingerprint density at radius 2 is 2.15 bits per heavy atom. The van der Waals surface area contributed by atoms with Crippen LogP contribution in [-0.4, -0.2) is 31.3 Å². The van der Waals surface area contributed by atoms with E-state index >= 15 is 0 Å². The third-order valence-electron chi connectivity index (χ3n) is 1.68. The van der Waals surface area contributed by atoms with Crippen LogP contribution in [0.15, 0.2) is 12.2 Å². The highest BCUT2D eigenvalue weighted by molar-refractivity contribution is 7.86. The summed E-state index contributed by atoms with van der Waals surface area (Å²) in [7, 11) is -3.91. The standard InChI is InChI=1S/C8H17NO3S/c1-4-8(13(10,11)12)6-9-5-7(2)3/h8-9H,2,4-6H2,1,3H3,(H,10,11,12). The summed E-state index contributed by atoms with van der Waals surface area (Å²) in [6, 6.07) is 0. The largest absolute Gasteiger partial charge is 0.312 e. The molecule has 0 aromatic carbocycles. The second kappa shape index (κ2) is 5.36. The Balaban J connectivity index is 3.95. The van der Waals surface area contributed by atoms with E-state index in [1.807, 2.05) is 6.92 Å². The van der Waals surface area contributed by atoms with Gasteiger partial charge in [-0.05, 0) is 13.3 Å². The van der Waals surface area contributed by atoms with Crippen molar-refractivity contribution >= 4 is 10.1 Å². The third kappa shape index (κ3) is 5.79. The summed E-state index contributed by atoms with van der Waals surface area (Å²) in [5.74, 6) is 0. The summed E-state index contributed by atoms with van der Waals surface area (Å²) in [6.07, 6.45) is 0.405. The van der Waals surface area contributed by atoms with Gasteiger partial charge in [-0.25, -0.2) is 0 Å². The molecule has 0 aliphatic carbocycles. The van der Waals surface area contributed by atoms with Gasteiger partial charge in [0.2, 0.25) is 0 Å². The fourth-order valence-corrected chi connectivity index (χ4v) is 1.66. The summed E-state index contributed by atoms with van der Waals surface area (Å²) in [6.45, 7) is 8.08. The maximum absolute atomic E-state index is 10.7. The zero-order valence-corrected chi connectivity index (χ0v) is 8.89. The van der Waals surface area contributed by atoms with Crippen molar-refractivity contribution in [2.45, 2.75) is 25.5 Å². The molecule has 0 radical (unpaired) electrons. The van der Waals surface area contributed by atoms with Gasteiger partial charge in [0.1, 0.15) is 0 Å². The van der Waals surface area contributed by atoms with Crippen molar-refractivity contribution in [2.75, 3.05) is 13.1 Å². The number of rotatable bonds is 6. The molecule has 0 bridgehead atoms. The minimum Gasteiger partial charge on any atom is -0.312 e. The van der Waals surface area contributed by atoms with Gasteiger partial charge in [0, 0.05) is 13.1 Å². The van der Waals surface area contributed by atoms with Gasteiger partial charge in [-0.1, -0.05) is 19.1 Å². The molecular weight excluding hydrogens is 190 g/mol. The fourth-order valence-electron chi connectivity index (χ4n) is 0.907. The average molecular weight is 207 g/mol. The van der Waals surface area contributed by atoms with E-state index in [4.69, 9.17) is 4.55 Å². The van der Waals surface area contributed by atoms with E-state index in [9.17, 15) is 8.42 Å². The highest BCUT2D eigenvalue weighted by Crippen LogP contribution is 2.01. The number of hydrogen-bond acceptors (Lipinski definition) is 3. The molecule has 0 saturated heterocycles. The van der Waals surface area contributed by atoms with E-state index in [0.717, 1.165) is 5.57 Å². The highest BCUT2D eigenvalue weighted by Gasteiger charge is 2.19. The monoisotopic (exact) mass is 207 g/mol. The van der Waals surface area contributed by atoms with Crippen LogP contribution in [0.4, 0.5) is 0 Å². The maximum Gasteiger partial charge on any atom is 0.269 e. The topological polar surface area (TPSA) is 66.4 Å². The minimum atomic E-state index is -3.91. The predicted molar refractivity (Wildman–Crippen MR) is 53.3 cm³/mol. The Kier molecular flexibility index (Phi) is 5.20. The predicted octanol–water partition coefficient (Wildman–Crippen LogP) is 0.819. The lowest BCUT2D eigenvalue weighted by molar-refractivity contribution is 0.459. The van der Waals surface area contributed by atoms with Crippen LogP contribution in [0.5, 0.6) is 0 Å². The van der Waals surface area contributed by atoms with Crippen LogP contribution in [0, 0.1) is 0 Å². The first-order valence-corrected chi connectivity index (χ1v) is 5.69. The van der Waals surface area contributed by atoms with Crippen LogP contribution in [0.3, 0.4) is 0 Å². The van der Waals surface area contributed by atoms with E-state index < -0.39 is 15.4 Å². The summed E-state index contributed by atoms with van der Waals surface area (Å²) in [5, 5.41) is 2.19. The smallest absolute Gasteiger partial charge is 0.269 e. The molecule has 0 spiro atoms. The lowest BCUT2D eigenvalue weighted by atomic mass is 10.3. The Labute approximate surface area is 79.8 Å². The fraction of sp³-hybridized carbons (Fsp3) is 0.750. The molecular formula is C8H17NO3S. The van der Waals surface area contributed by atoms with Gasteiger partial charge in [-0.2, -0.15) is 8.42 Å². The molecule has 0 aromatic heterocycles. The molecule has 1 atom stereocenters. The molecule has 0 aliphatic rings. The second-order valence-electron chi connectivity index (χ2n) is 3.13. The van der Waals surface area contributed by atoms with Gasteiger partial charge in [0.05, 0.1) is 5.25 Å². The van der Waals surface area contributed by atoms with Gasteiger partial charge in [-0.15, -0.1) is 0 Å². The van der Waals surface area contributed by atoms with E-state index in [0.29, 0.717) is 13.0 Å². The van der Waals surface area contributed by atoms with Gasteiger partial charge in [0.25, 0.3) is 10.1 Å². The number of nitrogens with one attached hydrogen (secondary N) is 1. The maximum atomic E-state index is 10.7. The SMILES string of the molecule is C=C(C)CNCC(CC)S(=O)(=O)O. The average Bonchev–Trinajstić information content (AvgIpc) is 1.95. The molecule has 0 amide bonds.